The fraction of sp³-hybridized carbons (Fsp3) is 0.353. The van der Waals surface area contributed by atoms with Crippen molar-refractivity contribution in [3.05, 3.63) is 39.8 Å². The molecule has 1 aliphatic rings. The molecule has 136 valence electrons. The van der Waals surface area contributed by atoms with Crippen LogP contribution in [0.2, 0.25) is 0 Å². The zero-order valence-electron chi connectivity index (χ0n) is 13.6. The molecule has 0 aliphatic heterocycles. The highest BCUT2D eigenvalue weighted by atomic mass is 19.4. The molecule has 1 aliphatic carbocycles. The van der Waals surface area contributed by atoms with Crippen LogP contribution < -0.4 is 5.56 Å². The molecule has 1 fully saturated rings. The maximum atomic E-state index is 12.8. The van der Waals surface area contributed by atoms with E-state index in [1.54, 1.807) is 0 Å². The summed E-state index contributed by atoms with van der Waals surface area (Å²) in [6, 6.07) is 2.91. The first-order valence-electron chi connectivity index (χ1n) is 7.79. The molecule has 0 N–H and O–H groups in total. The van der Waals surface area contributed by atoms with Gasteiger partial charge in [0.15, 0.2) is 17.3 Å². The van der Waals surface area contributed by atoms with E-state index in [1.165, 1.54) is 7.05 Å². The van der Waals surface area contributed by atoms with E-state index in [4.69, 9.17) is 0 Å². The predicted octanol–water partition coefficient (Wildman–Crippen LogP) is 2.07. The summed E-state index contributed by atoms with van der Waals surface area (Å²) in [4.78, 5) is 52.4. The second-order valence-electron chi connectivity index (χ2n) is 6.11. The summed E-state index contributed by atoms with van der Waals surface area (Å²) in [6.45, 7) is 0. The summed E-state index contributed by atoms with van der Waals surface area (Å²) >= 11 is 0. The topological polar surface area (TPSA) is 86.1 Å². The number of pyridine rings is 2. The van der Waals surface area contributed by atoms with Crippen molar-refractivity contribution in [3.63, 3.8) is 0 Å². The molecular weight excluding hydrogens is 353 g/mol. The summed E-state index contributed by atoms with van der Waals surface area (Å²) < 4.78 is 39.2. The van der Waals surface area contributed by atoms with Crippen LogP contribution in [0.3, 0.4) is 0 Å². The van der Waals surface area contributed by atoms with Crippen molar-refractivity contribution in [2.75, 3.05) is 0 Å². The van der Waals surface area contributed by atoms with E-state index in [1.807, 2.05) is 0 Å². The smallest absolute Gasteiger partial charge is 0.298 e. The van der Waals surface area contributed by atoms with Gasteiger partial charge in [0.05, 0.1) is 5.56 Å². The van der Waals surface area contributed by atoms with E-state index < -0.39 is 46.3 Å². The molecular formula is C17H13F3N2O4. The molecule has 0 unspecified atom stereocenters. The van der Waals surface area contributed by atoms with Crippen LogP contribution in [0.25, 0.3) is 11.0 Å². The number of carbonyl (C=O) groups excluding carboxylic acids is 3. The van der Waals surface area contributed by atoms with Gasteiger partial charge in [-0.3, -0.25) is 23.7 Å². The first kappa shape index (κ1) is 18.0. The van der Waals surface area contributed by atoms with Gasteiger partial charge in [0.25, 0.3) is 5.56 Å². The van der Waals surface area contributed by atoms with Gasteiger partial charge in [-0.15, -0.1) is 0 Å². The SMILES string of the molecule is Cn1c(=O)c(C(=O)C2C(=O)CCCC2=O)cc2ccc(C(F)(F)F)nc21. The first-order valence-corrected chi connectivity index (χ1v) is 7.79. The van der Waals surface area contributed by atoms with Gasteiger partial charge >= 0.3 is 6.18 Å². The number of hydrogen-bond acceptors (Lipinski definition) is 5. The average molecular weight is 366 g/mol. The van der Waals surface area contributed by atoms with Crippen LogP contribution in [0.15, 0.2) is 23.0 Å². The molecule has 0 amide bonds. The molecule has 0 radical (unpaired) electrons. The fourth-order valence-electron chi connectivity index (χ4n) is 3.02. The van der Waals surface area contributed by atoms with Gasteiger partial charge in [-0.1, -0.05) is 0 Å². The molecule has 2 aromatic rings. The van der Waals surface area contributed by atoms with Crippen LogP contribution in [-0.2, 0) is 22.8 Å². The minimum atomic E-state index is -4.68. The minimum absolute atomic E-state index is 0.0759. The van der Waals surface area contributed by atoms with Gasteiger partial charge in [0, 0.05) is 25.3 Å². The Kier molecular flexibility index (Phi) is 4.25. The maximum Gasteiger partial charge on any atom is 0.433 e. The number of rotatable bonds is 2. The third-order valence-corrected chi connectivity index (χ3v) is 4.37. The number of carbonyl (C=O) groups is 3. The Morgan fingerprint density at radius 1 is 1.15 bits per heavy atom. The Bertz CT molecular complexity index is 991. The van der Waals surface area contributed by atoms with E-state index in [0.29, 0.717) is 6.42 Å². The minimum Gasteiger partial charge on any atom is -0.298 e. The van der Waals surface area contributed by atoms with Gasteiger partial charge in [0.1, 0.15) is 17.3 Å². The lowest BCUT2D eigenvalue weighted by Gasteiger charge is -2.18. The lowest BCUT2D eigenvalue weighted by Crippen LogP contribution is -2.38. The highest BCUT2D eigenvalue weighted by Crippen LogP contribution is 2.29. The highest BCUT2D eigenvalue weighted by molar-refractivity contribution is 6.25. The summed E-state index contributed by atoms with van der Waals surface area (Å²) in [6.07, 6.45) is -4.17. The number of aryl methyl sites for hydroxylation is 1. The molecule has 0 bridgehead atoms. The normalized spacial score (nSPS) is 16.3. The van der Waals surface area contributed by atoms with Gasteiger partial charge in [0.2, 0.25) is 0 Å². The molecule has 3 rings (SSSR count). The Balaban J connectivity index is 2.15. The molecule has 0 spiro atoms. The molecule has 0 saturated heterocycles. The average Bonchev–Trinajstić information content (AvgIpc) is 2.56. The van der Waals surface area contributed by atoms with Gasteiger partial charge < -0.3 is 0 Å². The summed E-state index contributed by atoms with van der Waals surface area (Å²) in [5.74, 6) is -3.52. The molecule has 26 heavy (non-hydrogen) atoms. The van der Waals surface area contributed by atoms with Gasteiger partial charge in [-0.25, -0.2) is 4.98 Å². The molecule has 6 nitrogen and oxygen atoms in total. The highest BCUT2D eigenvalue weighted by Gasteiger charge is 2.38. The number of alkyl halides is 3. The number of fused-ring (bicyclic) bond motifs is 1. The van der Waals surface area contributed by atoms with Crippen LogP contribution in [0, 0.1) is 5.92 Å². The van der Waals surface area contributed by atoms with Crippen molar-refractivity contribution in [2.24, 2.45) is 13.0 Å². The van der Waals surface area contributed by atoms with E-state index in [0.717, 1.165) is 22.8 Å². The van der Waals surface area contributed by atoms with E-state index >= 15 is 0 Å². The van der Waals surface area contributed by atoms with Crippen LogP contribution in [0.1, 0.15) is 35.3 Å². The summed E-state index contributed by atoms with van der Waals surface area (Å²) in [5.41, 5.74) is -2.73. The van der Waals surface area contributed by atoms with Crippen molar-refractivity contribution in [1.82, 2.24) is 9.55 Å². The lowest BCUT2D eigenvalue weighted by atomic mass is 9.82. The zero-order chi connectivity index (χ0) is 19.2. The molecule has 0 atom stereocenters. The number of halogens is 3. The second kappa shape index (κ2) is 6.15. The monoisotopic (exact) mass is 366 g/mol. The third-order valence-electron chi connectivity index (χ3n) is 4.37. The number of aromatic nitrogens is 2. The Hall–Kier alpha value is -2.84. The van der Waals surface area contributed by atoms with E-state index in [-0.39, 0.29) is 23.9 Å². The maximum absolute atomic E-state index is 12.8. The van der Waals surface area contributed by atoms with Gasteiger partial charge in [-0.05, 0) is 24.6 Å². The molecule has 9 heteroatoms. The van der Waals surface area contributed by atoms with Crippen molar-refractivity contribution in [3.8, 4) is 0 Å². The van der Waals surface area contributed by atoms with Crippen molar-refractivity contribution >= 4 is 28.4 Å². The molecule has 2 heterocycles. The number of ketones is 3. The summed E-state index contributed by atoms with van der Waals surface area (Å²) in [7, 11) is 1.18. The number of Topliss-reactive ketones (excluding diaryl/α,β-unsaturated/α-hetero) is 3. The number of nitrogens with zero attached hydrogens (tertiary/aromatic N) is 2. The lowest BCUT2D eigenvalue weighted by molar-refractivity contribution is -0.141. The first-order chi connectivity index (χ1) is 12.1. The number of hydrogen-bond donors (Lipinski definition) is 0. The van der Waals surface area contributed by atoms with Crippen LogP contribution >= 0.6 is 0 Å². The quantitative estimate of drug-likeness (QED) is 0.600. The van der Waals surface area contributed by atoms with Crippen molar-refractivity contribution < 1.29 is 27.6 Å². The predicted molar refractivity (Wildman–Crippen MR) is 83.7 cm³/mol. The Morgan fingerprint density at radius 2 is 1.77 bits per heavy atom. The Labute approximate surface area is 144 Å². The van der Waals surface area contributed by atoms with Crippen molar-refractivity contribution in [2.45, 2.75) is 25.4 Å². The summed E-state index contributed by atoms with van der Waals surface area (Å²) in [5, 5.41) is 0.124. The van der Waals surface area contributed by atoms with E-state index in [2.05, 4.69) is 4.98 Å². The van der Waals surface area contributed by atoms with Gasteiger partial charge in [-0.2, -0.15) is 13.2 Å². The Morgan fingerprint density at radius 3 is 2.35 bits per heavy atom. The fourth-order valence-corrected chi connectivity index (χ4v) is 3.02. The van der Waals surface area contributed by atoms with Crippen LogP contribution in [-0.4, -0.2) is 26.9 Å². The second-order valence-corrected chi connectivity index (χ2v) is 6.11. The molecule has 0 aromatic carbocycles. The largest absolute Gasteiger partial charge is 0.433 e. The van der Waals surface area contributed by atoms with Crippen molar-refractivity contribution in [1.29, 1.82) is 0 Å². The molecule has 2 aromatic heterocycles. The van der Waals surface area contributed by atoms with E-state index in [9.17, 15) is 32.3 Å². The van der Waals surface area contributed by atoms with Crippen LogP contribution in [0.5, 0.6) is 0 Å². The molecule has 1 saturated carbocycles. The third kappa shape index (κ3) is 2.93. The zero-order valence-corrected chi connectivity index (χ0v) is 13.6. The van der Waals surface area contributed by atoms with Crippen LogP contribution in [0.4, 0.5) is 13.2 Å². The standard InChI is InChI=1S/C17H13F3N2O4/c1-22-15-8(5-6-12(21-15)17(18,19)20)7-9(16(22)26)14(25)13-10(23)3-2-4-11(13)24/h5-7,13H,2-4H2,1H3.